The summed E-state index contributed by atoms with van der Waals surface area (Å²) in [7, 11) is 0. The Bertz CT molecular complexity index is 367. The van der Waals surface area contributed by atoms with Crippen molar-refractivity contribution in [3.05, 3.63) is 35.4 Å². The molecule has 0 saturated carbocycles. The number of nitrogens with one attached hydrogen (secondary N) is 1. The predicted molar refractivity (Wildman–Crippen MR) is 55.5 cm³/mol. The lowest BCUT2D eigenvalue weighted by Crippen LogP contribution is -2.30. The van der Waals surface area contributed by atoms with Gasteiger partial charge in [0.25, 0.3) is 0 Å². The molecule has 1 aromatic rings. The van der Waals surface area contributed by atoms with Crippen molar-refractivity contribution >= 4 is 0 Å². The molecule has 2 nitrogen and oxygen atoms in total. The van der Waals surface area contributed by atoms with Gasteiger partial charge in [0.05, 0.1) is 0 Å². The van der Waals surface area contributed by atoms with Crippen LogP contribution in [0.4, 0.5) is 0 Å². The first-order valence-electron chi connectivity index (χ1n) is 4.79. The summed E-state index contributed by atoms with van der Waals surface area (Å²) in [5.41, 5.74) is 2.62. The van der Waals surface area contributed by atoms with Crippen molar-refractivity contribution in [2.45, 2.75) is 25.1 Å². The van der Waals surface area contributed by atoms with Gasteiger partial charge >= 0.3 is 0 Å². The number of aryl methyl sites for hydroxylation is 1. The molecule has 0 spiro atoms. The van der Waals surface area contributed by atoms with E-state index in [1.807, 2.05) is 12.1 Å². The van der Waals surface area contributed by atoms with Gasteiger partial charge in [0.15, 0.2) is 6.23 Å². The van der Waals surface area contributed by atoms with Crippen LogP contribution in [0.25, 0.3) is 0 Å². The maximum absolute atomic E-state index is 9.30. The number of aliphatic hydroxyl groups is 1. The highest BCUT2D eigenvalue weighted by molar-refractivity contribution is 5.34. The first-order chi connectivity index (χ1) is 6.81. The third-order valence-electron chi connectivity index (χ3n) is 2.65. The van der Waals surface area contributed by atoms with Crippen molar-refractivity contribution in [1.29, 1.82) is 0 Å². The lowest BCUT2D eigenvalue weighted by Gasteiger charge is -2.15. The zero-order valence-corrected chi connectivity index (χ0v) is 7.90. The summed E-state index contributed by atoms with van der Waals surface area (Å²) in [6.45, 7) is 0. The molecular formula is C12H13NO. The normalized spacial score (nSPS) is 21.3. The van der Waals surface area contributed by atoms with Gasteiger partial charge in [0.2, 0.25) is 0 Å². The van der Waals surface area contributed by atoms with Crippen molar-refractivity contribution in [1.82, 2.24) is 5.32 Å². The van der Waals surface area contributed by atoms with Gasteiger partial charge in [0, 0.05) is 6.04 Å². The summed E-state index contributed by atoms with van der Waals surface area (Å²) in [5, 5.41) is 12.3. The Hall–Kier alpha value is -1.30. The third-order valence-corrected chi connectivity index (χ3v) is 2.65. The molecule has 2 unspecified atom stereocenters. The van der Waals surface area contributed by atoms with E-state index in [9.17, 15) is 5.11 Å². The molecule has 72 valence electrons. The standard InChI is InChI=1S/C12H13NO/c1-2-12(14)13-11-8-7-9-5-3-4-6-10(9)11/h1,3-6,11-14H,7-8H2. The van der Waals surface area contributed by atoms with E-state index in [1.165, 1.54) is 11.1 Å². The fourth-order valence-electron chi connectivity index (χ4n) is 1.97. The molecule has 2 heteroatoms. The van der Waals surface area contributed by atoms with Crippen LogP contribution in [0.1, 0.15) is 23.6 Å². The predicted octanol–water partition coefficient (Wildman–Crippen LogP) is 1.22. The van der Waals surface area contributed by atoms with E-state index in [1.54, 1.807) is 0 Å². The molecule has 0 aromatic heterocycles. The van der Waals surface area contributed by atoms with Crippen LogP contribution in [0, 0.1) is 12.3 Å². The van der Waals surface area contributed by atoms with E-state index < -0.39 is 6.23 Å². The van der Waals surface area contributed by atoms with Gasteiger partial charge in [-0.15, -0.1) is 6.42 Å². The van der Waals surface area contributed by atoms with Crippen LogP contribution in [0.2, 0.25) is 0 Å². The zero-order chi connectivity index (χ0) is 9.97. The molecule has 2 N–H and O–H groups in total. The summed E-state index contributed by atoms with van der Waals surface area (Å²) in [6.07, 6.45) is 6.34. The van der Waals surface area contributed by atoms with Crippen LogP contribution in [-0.4, -0.2) is 11.3 Å². The van der Waals surface area contributed by atoms with E-state index in [4.69, 9.17) is 6.42 Å². The largest absolute Gasteiger partial charge is 0.367 e. The van der Waals surface area contributed by atoms with E-state index >= 15 is 0 Å². The van der Waals surface area contributed by atoms with Crippen molar-refractivity contribution in [3.8, 4) is 12.3 Å². The molecule has 0 saturated heterocycles. The highest BCUT2D eigenvalue weighted by atomic mass is 16.3. The monoisotopic (exact) mass is 187 g/mol. The Balaban J connectivity index is 2.15. The van der Waals surface area contributed by atoms with E-state index in [2.05, 4.69) is 23.4 Å². The van der Waals surface area contributed by atoms with Crippen molar-refractivity contribution in [3.63, 3.8) is 0 Å². The molecule has 0 fully saturated rings. The minimum absolute atomic E-state index is 0.206. The molecule has 0 aliphatic heterocycles. The van der Waals surface area contributed by atoms with Crippen LogP contribution in [0.3, 0.4) is 0 Å². The molecule has 2 rings (SSSR count). The lowest BCUT2D eigenvalue weighted by molar-refractivity contribution is 0.176. The summed E-state index contributed by atoms with van der Waals surface area (Å²) in [6, 6.07) is 8.47. The Morgan fingerprint density at radius 1 is 1.50 bits per heavy atom. The van der Waals surface area contributed by atoms with E-state index in [0.717, 1.165) is 12.8 Å². The zero-order valence-electron chi connectivity index (χ0n) is 7.90. The Kier molecular flexibility index (Phi) is 2.53. The van der Waals surface area contributed by atoms with Crippen LogP contribution in [0.5, 0.6) is 0 Å². The van der Waals surface area contributed by atoms with E-state index in [0.29, 0.717) is 0 Å². The molecule has 0 heterocycles. The average Bonchev–Trinajstić information content (AvgIpc) is 2.62. The van der Waals surface area contributed by atoms with Crippen LogP contribution < -0.4 is 5.32 Å². The first kappa shape index (κ1) is 9.26. The molecule has 14 heavy (non-hydrogen) atoms. The summed E-state index contributed by atoms with van der Waals surface area (Å²) in [5.74, 6) is 2.27. The van der Waals surface area contributed by atoms with Crippen molar-refractivity contribution < 1.29 is 5.11 Å². The number of hydrogen-bond acceptors (Lipinski definition) is 2. The third kappa shape index (κ3) is 1.65. The fourth-order valence-corrected chi connectivity index (χ4v) is 1.97. The number of hydrogen-bond donors (Lipinski definition) is 2. The molecule has 1 aliphatic carbocycles. The van der Waals surface area contributed by atoms with Gasteiger partial charge < -0.3 is 5.11 Å². The van der Waals surface area contributed by atoms with Gasteiger partial charge in [0.1, 0.15) is 0 Å². The molecular weight excluding hydrogens is 174 g/mol. The summed E-state index contributed by atoms with van der Waals surface area (Å²) >= 11 is 0. The Labute approximate surface area is 84.0 Å². The second-order valence-corrected chi connectivity index (χ2v) is 3.53. The van der Waals surface area contributed by atoms with E-state index in [-0.39, 0.29) is 6.04 Å². The maximum atomic E-state index is 9.30. The molecule has 0 amide bonds. The number of rotatable bonds is 2. The number of terminal acetylenes is 1. The minimum Gasteiger partial charge on any atom is -0.367 e. The summed E-state index contributed by atoms with van der Waals surface area (Å²) in [4.78, 5) is 0. The lowest BCUT2D eigenvalue weighted by atomic mass is 10.1. The molecule has 2 atom stereocenters. The van der Waals surface area contributed by atoms with Gasteiger partial charge in [-0.05, 0) is 24.0 Å². The highest BCUT2D eigenvalue weighted by Gasteiger charge is 2.22. The van der Waals surface area contributed by atoms with Crippen molar-refractivity contribution in [2.24, 2.45) is 0 Å². The summed E-state index contributed by atoms with van der Waals surface area (Å²) < 4.78 is 0. The quantitative estimate of drug-likeness (QED) is 0.539. The maximum Gasteiger partial charge on any atom is 0.168 e. The van der Waals surface area contributed by atoms with Crippen LogP contribution in [-0.2, 0) is 6.42 Å². The molecule has 0 bridgehead atoms. The minimum atomic E-state index is -0.842. The van der Waals surface area contributed by atoms with Gasteiger partial charge in [-0.3, -0.25) is 5.32 Å². The number of aliphatic hydroxyl groups excluding tert-OH is 1. The topological polar surface area (TPSA) is 32.3 Å². The highest BCUT2D eigenvalue weighted by Crippen LogP contribution is 2.30. The SMILES string of the molecule is C#CC(O)NC1CCc2ccccc21. The fraction of sp³-hybridized carbons (Fsp3) is 0.333. The second kappa shape index (κ2) is 3.83. The van der Waals surface area contributed by atoms with Crippen molar-refractivity contribution in [2.75, 3.05) is 0 Å². The Morgan fingerprint density at radius 2 is 2.29 bits per heavy atom. The second-order valence-electron chi connectivity index (χ2n) is 3.53. The average molecular weight is 187 g/mol. The van der Waals surface area contributed by atoms with Gasteiger partial charge in [-0.2, -0.15) is 0 Å². The number of fused-ring (bicyclic) bond motifs is 1. The molecule has 1 aromatic carbocycles. The first-order valence-corrected chi connectivity index (χ1v) is 4.79. The smallest absolute Gasteiger partial charge is 0.168 e. The number of benzene rings is 1. The van der Waals surface area contributed by atoms with Crippen LogP contribution >= 0.6 is 0 Å². The molecule has 0 radical (unpaired) electrons. The van der Waals surface area contributed by atoms with Gasteiger partial charge in [-0.25, -0.2) is 0 Å². The Morgan fingerprint density at radius 3 is 3.07 bits per heavy atom. The molecule has 1 aliphatic rings. The van der Waals surface area contributed by atoms with Crippen LogP contribution in [0.15, 0.2) is 24.3 Å². The van der Waals surface area contributed by atoms with Gasteiger partial charge in [-0.1, -0.05) is 30.2 Å².